The van der Waals surface area contributed by atoms with E-state index >= 15 is 0 Å². The maximum atomic E-state index is 12.0. The minimum Gasteiger partial charge on any atom is -0.490 e. The Morgan fingerprint density at radius 1 is 1.28 bits per heavy atom. The van der Waals surface area contributed by atoms with Crippen molar-refractivity contribution in [1.29, 1.82) is 0 Å². The second-order valence-corrected chi connectivity index (χ2v) is 8.24. The minimum atomic E-state index is -0.614. The lowest BCUT2D eigenvalue weighted by molar-refractivity contribution is 0.0950. The normalized spacial score (nSPS) is 17.3. The van der Waals surface area contributed by atoms with Crippen molar-refractivity contribution in [3.63, 3.8) is 0 Å². The number of β-amino-alcohol motifs (C(OH)–C–C–N with tert-alkyl or cyclic N) is 1. The largest absolute Gasteiger partial charge is 0.490 e. The molecule has 4 nitrogen and oxygen atoms in total. The van der Waals surface area contributed by atoms with E-state index in [0.717, 1.165) is 0 Å². The molecule has 0 spiro atoms. The first kappa shape index (κ1) is 19.9. The van der Waals surface area contributed by atoms with Crippen molar-refractivity contribution < 1.29 is 14.6 Å². The van der Waals surface area contributed by atoms with E-state index in [4.69, 9.17) is 4.74 Å². The number of ether oxygens (including phenoxy) is 1. The van der Waals surface area contributed by atoms with Gasteiger partial charge in [-0.2, -0.15) is 0 Å². The summed E-state index contributed by atoms with van der Waals surface area (Å²) in [6.45, 7) is 8.37. The Bertz CT molecular complexity index is 571. The van der Waals surface area contributed by atoms with Gasteiger partial charge in [-0.25, -0.2) is 0 Å². The summed E-state index contributed by atoms with van der Waals surface area (Å²) in [4.78, 5) is 12.0. The van der Waals surface area contributed by atoms with Crippen LogP contribution in [0.2, 0.25) is 0 Å². The molecule has 0 saturated heterocycles. The average Bonchev–Trinajstić information content (AvgIpc) is 2.58. The van der Waals surface area contributed by atoms with Crippen LogP contribution in [0.5, 0.6) is 5.75 Å². The SMILES string of the molecule is CC(=O)c1cc(C2CCCCC2)ccc1OCC(O)CNC(C)(C)C. The Balaban J connectivity index is 2.01. The molecule has 1 atom stereocenters. The summed E-state index contributed by atoms with van der Waals surface area (Å²) in [5.41, 5.74) is 1.82. The monoisotopic (exact) mass is 347 g/mol. The van der Waals surface area contributed by atoms with E-state index in [1.807, 2.05) is 12.1 Å². The van der Waals surface area contributed by atoms with Gasteiger partial charge >= 0.3 is 0 Å². The van der Waals surface area contributed by atoms with Crippen molar-refractivity contribution in [3.8, 4) is 5.75 Å². The predicted octanol–water partition coefficient (Wildman–Crippen LogP) is 4.06. The summed E-state index contributed by atoms with van der Waals surface area (Å²) in [6.07, 6.45) is 5.65. The van der Waals surface area contributed by atoms with Gasteiger partial charge in [0.2, 0.25) is 0 Å². The highest BCUT2D eigenvalue weighted by Crippen LogP contribution is 2.34. The molecule has 25 heavy (non-hydrogen) atoms. The second kappa shape index (κ2) is 8.81. The van der Waals surface area contributed by atoms with E-state index in [2.05, 4.69) is 32.2 Å². The van der Waals surface area contributed by atoms with Gasteiger partial charge in [0.15, 0.2) is 5.78 Å². The standard InChI is InChI=1S/C21H33NO3/c1-15(23)19-12-17(16-8-6-5-7-9-16)10-11-20(19)25-14-18(24)13-22-21(2,3)4/h10-12,16,18,22,24H,5-9,13-14H2,1-4H3. The smallest absolute Gasteiger partial charge is 0.163 e. The van der Waals surface area contributed by atoms with Crippen LogP contribution in [0.4, 0.5) is 0 Å². The first-order chi connectivity index (χ1) is 11.8. The van der Waals surface area contributed by atoms with Gasteiger partial charge in [-0.3, -0.25) is 4.79 Å². The van der Waals surface area contributed by atoms with Crippen LogP contribution in [0.3, 0.4) is 0 Å². The molecule has 4 heteroatoms. The number of nitrogens with one attached hydrogen (secondary N) is 1. The molecule has 0 aromatic heterocycles. The van der Waals surface area contributed by atoms with Gasteiger partial charge in [0.25, 0.3) is 0 Å². The molecule has 1 aliphatic rings. The maximum absolute atomic E-state index is 12.0. The lowest BCUT2D eigenvalue weighted by Gasteiger charge is -2.24. The van der Waals surface area contributed by atoms with Crippen molar-refractivity contribution in [2.75, 3.05) is 13.2 Å². The molecule has 0 bridgehead atoms. The van der Waals surface area contributed by atoms with Crippen molar-refractivity contribution in [2.45, 2.75) is 77.4 Å². The highest BCUT2D eigenvalue weighted by atomic mass is 16.5. The molecule has 1 unspecified atom stereocenters. The number of benzene rings is 1. The number of Topliss-reactive ketones (excluding diaryl/α,β-unsaturated/α-hetero) is 1. The number of aliphatic hydroxyl groups is 1. The number of ketones is 1. The zero-order valence-electron chi connectivity index (χ0n) is 16.1. The molecule has 1 aromatic carbocycles. The number of carbonyl (C=O) groups is 1. The zero-order valence-corrected chi connectivity index (χ0v) is 16.1. The summed E-state index contributed by atoms with van der Waals surface area (Å²) in [5.74, 6) is 1.14. The Morgan fingerprint density at radius 2 is 1.96 bits per heavy atom. The third kappa shape index (κ3) is 6.44. The number of aliphatic hydroxyl groups excluding tert-OH is 1. The lowest BCUT2D eigenvalue weighted by Crippen LogP contribution is -2.42. The number of carbonyl (C=O) groups excluding carboxylic acids is 1. The predicted molar refractivity (Wildman–Crippen MR) is 102 cm³/mol. The molecular formula is C21H33NO3. The van der Waals surface area contributed by atoms with Gasteiger partial charge < -0.3 is 15.2 Å². The molecule has 1 fully saturated rings. The second-order valence-electron chi connectivity index (χ2n) is 8.24. The van der Waals surface area contributed by atoms with Gasteiger partial charge in [-0.05, 0) is 64.2 Å². The summed E-state index contributed by atoms with van der Waals surface area (Å²) >= 11 is 0. The molecule has 0 aliphatic heterocycles. The highest BCUT2D eigenvalue weighted by molar-refractivity contribution is 5.97. The molecule has 1 saturated carbocycles. The van der Waals surface area contributed by atoms with Gasteiger partial charge in [0, 0.05) is 12.1 Å². The van der Waals surface area contributed by atoms with E-state index in [-0.39, 0.29) is 17.9 Å². The van der Waals surface area contributed by atoms with Crippen molar-refractivity contribution in [1.82, 2.24) is 5.32 Å². The van der Waals surface area contributed by atoms with Gasteiger partial charge in [0.05, 0.1) is 5.56 Å². The summed E-state index contributed by atoms with van der Waals surface area (Å²) in [6, 6.07) is 5.97. The Hall–Kier alpha value is -1.39. The van der Waals surface area contributed by atoms with Gasteiger partial charge in [0.1, 0.15) is 18.5 Å². The third-order valence-corrected chi connectivity index (χ3v) is 4.76. The fraction of sp³-hybridized carbons (Fsp3) is 0.667. The first-order valence-electron chi connectivity index (χ1n) is 9.47. The van der Waals surface area contributed by atoms with Crippen LogP contribution >= 0.6 is 0 Å². The van der Waals surface area contributed by atoms with Crippen LogP contribution in [-0.4, -0.2) is 35.7 Å². The van der Waals surface area contributed by atoms with E-state index in [1.54, 1.807) is 6.92 Å². The lowest BCUT2D eigenvalue weighted by atomic mass is 9.83. The van der Waals surface area contributed by atoms with Crippen molar-refractivity contribution >= 4 is 5.78 Å². The Morgan fingerprint density at radius 3 is 2.56 bits per heavy atom. The van der Waals surface area contributed by atoms with Crippen LogP contribution in [0, 0.1) is 0 Å². The van der Waals surface area contributed by atoms with E-state index in [1.165, 1.54) is 37.7 Å². The molecule has 0 amide bonds. The van der Waals surface area contributed by atoms with Gasteiger partial charge in [-0.15, -0.1) is 0 Å². The van der Waals surface area contributed by atoms with Crippen molar-refractivity contribution in [3.05, 3.63) is 29.3 Å². The average molecular weight is 347 g/mol. The Labute approximate surface area is 152 Å². The number of hydrogen-bond donors (Lipinski definition) is 2. The maximum Gasteiger partial charge on any atom is 0.163 e. The molecule has 1 aliphatic carbocycles. The summed E-state index contributed by atoms with van der Waals surface area (Å²) in [5, 5.41) is 13.3. The fourth-order valence-electron chi connectivity index (χ4n) is 3.31. The topological polar surface area (TPSA) is 58.6 Å². The zero-order chi connectivity index (χ0) is 18.4. The molecule has 0 heterocycles. The highest BCUT2D eigenvalue weighted by Gasteiger charge is 2.19. The summed E-state index contributed by atoms with van der Waals surface area (Å²) in [7, 11) is 0. The molecule has 140 valence electrons. The third-order valence-electron chi connectivity index (χ3n) is 4.76. The number of rotatable bonds is 7. The molecule has 2 rings (SSSR count). The molecule has 2 N–H and O–H groups in total. The van der Waals surface area contributed by atoms with Crippen molar-refractivity contribution in [2.24, 2.45) is 0 Å². The quantitative estimate of drug-likeness (QED) is 0.730. The summed E-state index contributed by atoms with van der Waals surface area (Å²) < 4.78 is 5.76. The molecule has 1 aromatic rings. The van der Waals surface area contributed by atoms with Crippen LogP contribution in [0.25, 0.3) is 0 Å². The minimum absolute atomic E-state index is 0.00923. The Kier molecular flexibility index (Phi) is 7.03. The molecule has 0 radical (unpaired) electrons. The van der Waals surface area contributed by atoms with Gasteiger partial charge in [-0.1, -0.05) is 25.3 Å². The molecular weight excluding hydrogens is 314 g/mol. The fourth-order valence-corrected chi connectivity index (χ4v) is 3.31. The van der Waals surface area contributed by atoms with Crippen LogP contribution in [-0.2, 0) is 0 Å². The van der Waals surface area contributed by atoms with E-state index in [9.17, 15) is 9.90 Å². The van der Waals surface area contributed by atoms with E-state index in [0.29, 0.717) is 23.8 Å². The van der Waals surface area contributed by atoms with Crippen LogP contribution in [0.15, 0.2) is 18.2 Å². The first-order valence-corrected chi connectivity index (χ1v) is 9.47. The number of hydrogen-bond acceptors (Lipinski definition) is 4. The van der Waals surface area contributed by atoms with Crippen LogP contribution < -0.4 is 10.1 Å². The van der Waals surface area contributed by atoms with E-state index < -0.39 is 6.10 Å². The van der Waals surface area contributed by atoms with Crippen LogP contribution in [0.1, 0.15) is 81.6 Å².